The van der Waals surface area contributed by atoms with Gasteiger partial charge in [-0.15, -0.1) is 0 Å². The standard InChI is InChI=1S/C10H8BrNO2/c1-14-10(13)5-7-2-3-8(6-12)9(11)4-7/h2-4H,5H2,1H3. The van der Waals surface area contributed by atoms with Crippen LogP contribution in [0.1, 0.15) is 11.1 Å². The Morgan fingerprint density at radius 1 is 1.64 bits per heavy atom. The van der Waals surface area contributed by atoms with E-state index < -0.39 is 0 Å². The smallest absolute Gasteiger partial charge is 0.309 e. The first-order valence-electron chi connectivity index (χ1n) is 3.92. The van der Waals surface area contributed by atoms with Gasteiger partial charge >= 0.3 is 5.97 Å². The molecule has 0 spiro atoms. The van der Waals surface area contributed by atoms with E-state index in [0.29, 0.717) is 10.0 Å². The Kier molecular flexibility index (Phi) is 3.66. The van der Waals surface area contributed by atoms with E-state index in [1.807, 2.05) is 6.07 Å². The molecule has 0 amide bonds. The number of benzene rings is 1. The average Bonchev–Trinajstić information content (AvgIpc) is 2.18. The van der Waals surface area contributed by atoms with Crippen LogP contribution in [0.15, 0.2) is 22.7 Å². The minimum absolute atomic E-state index is 0.223. The van der Waals surface area contributed by atoms with Crippen molar-refractivity contribution in [3.8, 4) is 6.07 Å². The monoisotopic (exact) mass is 253 g/mol. The second kappa shape index (κ2) is 4.77. The van der Waals surface area contributed by atoms with Crippen molar-refractivity contribution in [2.45, 2.75) is 6.42 Å². The highest BCUT2D eigenvalue weighted by Gasteiger charge is 2.05. The molecule has 0 bridgehead atoms. The Bertz CT molecular complexity index is 396. The van der Waals surface area contributed by atoms with Gasteiger partial charge in [-0.25, -0.2) is 0 Å². The number of rotatable bonds is 2. The van der Waals surface area contributed by atoms with Crippen LogP contribution in [0, 0.1) is 11.3 Å². The minimum Gasteiger partial charge on any atom is -0.469 e. The van der Waals surface area contributed by atoms with Crippen LogP contribution in [0.4, 0.5) is 0 Å². The summed E-state index contributed by atoms with van der Waals surface area (Å²) in [5.41, 5.74) is 1.38. The number of methoxy groups -OCH3 is 1. The molecule has 0 unspecified atom stereocenters. The number of halogens is 1. The number of ether oxygens (including phenoxy) is 1. The van der Waals surface area contributed by atoms with E-state index in [4.69, 9.17) is 5.26 Å². The van der Waals surface area contributed by atoms with Crippen LogP contribution in [0.3, 0.4) is 0 Å². The van der Waals surface area contributed by atoms with Crippen molar-refractivity contribution in [3.05, 3.63) is 33.8 Å². The lowest BCUT2D eigenvalue weighted by atomic mass is 10.1. The SMILES string of the molecule is COC(=O)Cc1ccc(C#N)c(Br)c1. The van der Waals surface area contributed by atoms with Crippen molar-refractivity contribution >= 4 is 21.9 Å². The normalized spacial score (nSPS) is 9.21. The van der Waals surface area contributed by atoms with Crippen molar-refractivity contribution in [3.63, 3.8) is 0 Å². The molecule has 0 fully saturated rings. The predicted molar refractivity (Wildman–Crippen MR) is 54.6 cm³/mol. The fourth-order valence-electron chi connectivity index (χ4n) is 0.998. The first-order valence-corrected chi connectivity index (χ1v) is 4.72. The number of carbonyl (C=O) groups excluding carboxylic acids is 1. The molecular weight excluding hydrogens is 246 g/mol. The van der Waals surface area contributed by atoms with Crippen LogP contribution in [0.5, 0.6) is 0 Å². The zero-order chi connectivity index (χ0) is 10.6. The second-order valence-electron chi connectivity index (χ2n) is 2.68. The van der Waals surface area contributed by atoms with Gasteiger partial charge in [0, 0.05) is 4.47 Å². The van der Waals surface area contributed by atoms with Gasteiger partial charge in [-0.05, 0) is 33.6 Å². The topological polar surface area (TPSA) is 50.1 Å². The molecule has 3 nitrogen and oxygen atoms in total. The van der Waals surface area contributed by atoms with Crippen molar-refractivity contribution in [2.24, 2.45) is 0 Å². The zero-order valence-corrected chi connectivity index (χ0v) is 9.17. The third kappa shape index (κ3) is 2.57. The summed E-state index contributed by atoms with van der Waals surface area (Å²) >= 11 is 3.24. The Labute approximate surface area is 90.4 Å². The van der Waals surface area contributed by atoms with Crippen LogP contribution in [0.25, 0.3) is 0 Å². The maximum atomic E-state index is 10.9. The molecule has 0 atom stereocenters. The lowest BCUT2D eigenvalue weighted by molar-refractivity contribution is -0.139. The molecule has 0 saturated heterocycles. The van der Waals surface area contributed by atoms with Gasteiger partial charge in [-0.1, -0.05) is 6.07 Å². The van der Waals surface area contributed by atoms with E-state index in [-0.39, 0.29) is 12.4 Å². The summed E-state index contributed by atoms with van der Waals surface area (Å²) in [5.74, 6) is -0.290. The number of hydrogen-bond acceptors (Lipinski definition) is 3. The molecule has 1 rings (SSSR count). The number of esters is 1. The molecular formula is C10H8BrNO2. The van der Waals surface area contributed by atoms with Gasteiger partial charge in [0.05, 0.1) is 19.1 Å². The summed E-state index contributed by atoms with van der Waals surface area (Å²) in [7, 11) is 1.35. The second-order valence-corrected chi connectivity index (χ2v) is 3.53. The van der Waals surface area contributed by atoms with Gasteiger partial charge in [0.1, 0.15) is 6.07 Å². The first-order chi connectivity index (χ1) is 6.67. The number of carbonyl (C=O) groups is 1. The van der Waals surface area contributed by atoms with Gasteiger partial charge in [0.25, 0.3) is 0 Å². The molecule has 14 heavy (non-hydrogen) atoms. The van der Waals surface area contributed by atoms with Crippen LogP contribution >= 0.6 is 15.9 Å². The molecule has 72 valence electrons. The van der Waals surface area contributed by atoms with Crippen LogP contribution in [-0.2, 0) is 16.0 Å². The van der Waals surface area contributed by atoms with Crippen LogP contribution < -0.4 is 0 Å². The van der Waals surface area contributed by atoms with E-state index in [9.17, 15) is 4.79 Å². The van der Waals surface area contributed by atoms with E-state index in [1.54, 1.807) is 18.2 Å². The van der Waals surface area contributed by atoms with E-state index in [1.165, 1.54) is 7.11 Å². The summed E-state index contributed by atoms with van der Waals surface area (Å²) < 4.78 is 5.23. The zero-order valence-electron chi connectivity index (χ0n) is 7.58. The quantitative estimate of drug-likeness (QED) is 0.759. The van der Waals surface area contributed by atoms with Crippen LogP contribution in [-0.4, -0.2) is 13.1 Å². The lowest BCUT2D eigenvalue weighted by Crippen LogP contribution is -2.04. The molecule has 0 saturated carbocycles. The Hall–Kier alpha value is -1.34. The maximum Gasteiger partial charge on any atom is 0.309 e. The predicted octanol–water partition coefficient (Wildman–Crippen LogP) is 2.04. The summed E-state index contributed by atoms with van der Waals surface area (Å²) in [6, 6.07) is 7.18. The maximum absolute atomic E-state index is 10.9. The van der Waals surface area contributed by atoms with Gasteiger partial charge in [0.15, 0.2) is 0 Å². The molecule has 0 aliphatic carbocycles. The highest BCUT2D eigenvalue weighted by molar-refractivity contribution is 9.10. The van der Waals surface area contributed by atoms with Gasteiger partial charge in [-0.3, -0.25) is 4.79 Å². The van der Waals surface area contributed by atoms with Crippen LogP contribution in [0.2, 0.25) is 0 Å². The summed E-state index contributed by atoms with van der Waals surface area (Å²) in [5, 5.41) is 8.67. The summed E-state index contributed by atoms with van der Waals surface area (Å²) in [4.78, 5) is 10.9. The summed E-state index contributed by atoms with van der Waals surface area (Å²) in [6.07, 6.45) is 0.223. The fourth-order valence-corrected chi connectivity index (χ4v) is 1.51. The minimum atomic E-state index is -0.290. The third-order valence-electron chi connectivity index (χ3n) is 1.73. The Morgan fingerprint density at radius 2 is 2.36 bits per heavy atom. The van der Waals surface area contributed by atoms with Crippen molar-refractivity contribution in [2.75, 3.05) is 7.11 Å². The molecule has 1 aromatic rings. The van der Waals surface area contributed by atoms with Gasteiger partial charge < -0.3 is 4.74 Å². The Morgan fingerprint density at radius 3 is 2.86 bits per heavy atom. The lowest BCUT2D eigenvalue weighted by Gasteiger charge is -2.01. The summed E-state index contributed by atoms with van der Waals surface area (Å²) in [6.45, 7) is 0. The highest BCUT2D eigenvalue weighted by atomic mass is 79.9. The van der Waals surface area contributed by atoms with E-state index in [2.05, 4.69) is 20.7 Å². The molecule has 0 N–H and O–H groups in total. The molecule has 0 aliphatic rings. The number of nitrogens with zero attached hydrogens (tertiary/aromatic N) is 1. The first kappa shape index (κ1) is 10.7. The van der Waals surface area contributed by atoms with Crippen molar-refractivity contribution in [1.29, 1.82) is 5.26 Å². The molecule has 0 heterocycles. The van der Waals surface area contributed by atoms with E-state index >= 15 is 0 Å². The third-order valence-corrected chi connectivity index (χ3v) is 2.39. The molecule has 0 radical (unpaired) electrons. The van der Waals surface area contributed by atoms with Gasteiger partial charge in [0.2, 0.25) is 0 Å². The molecule has 0 aromatic heterocycles. The highest BCUT2D eigenvalue weighted by Crippen LogP contribution is 2.18. The fraction of sp³-hybridized carbons (Fsp3) is 0.200. The van der Waals surface area contributed by atoms with E-state index in [0.717, 1.165) is 5.56 Å². The van der Waals surface area contributed by atoms with Crippen molar-refractivity contribution in [1.82, 2.24) is 0 Å². The van der Waals surface area contributed by atoms with Crippen molar-refractivity contribution < 1.29 is 9.53 Å². The molecule has 4 heteroatoms. The molecule has 1 aromatic carbocycles. The molecule has 0 aliphatic heterocycles. The Balaban J connectivity index is 2.88. The number of nitriles is 1. The number of hydrogen-bond donors (Lipinski definition) is 0. The average molecular weight is 254 g/mol. The largest absolute Gasteiger partial charge is 0.469 e. The van der Waals surface area contributed by atoms with Gasteiger partial charge in [-0.2, -0.15) is 5.26 Å².